The van der Waals surface area contributed by atoms with Gasteiger partial charge in [-0.2, -0.15) is 12.6 Å². The lowest BCUT2D eigenvalue weighted by molar-refractivity contribution is -0.138. The second kappa shape index (κ2) is 4.22. The summed E-state index contributed by atoms with van der Waals surface area (Å²) >= 11 is 4.22. The average Bonchev–Trinajstić information content (AvgIpc) is 2.50. The molecule has 1 N–H and O–H groups in total. The van der Waals surface area contributed by atoms with E-state index in [-0.39, 0.29) is 11.8 Å². The molecule has 1 unspecified atom stereocenters. The number of thiol groups is 1. The molecule has 0 aliphatic carbocycles. The van der Waals surface area contributed by atoms with Gasteiger partial charge in [0.15, 0.2) is 5.82 Å². The molecular weight excluding hydrogens is 192 g/mol. The minimum atomic E-state index is -0.967. The van der Waals surface area contributed by atoms with Crippen LogP contribution in [0.1, 0.15) is 24.4 Å². The first-order chi connectivity index (χ1) is 6.15. The Morgan fingerprint density at radius 3 is 3.00 bits per heavy atom. The van der Waals surface area contributed by atoms with E-state index in [2.05, 4.69) is 28.2 Å². The van der Waals surface area contributed by atoms with Gasteiger partial charge in [-0.05, 0) is 16.8 Å². The summed E-state index contributed by atoms with van der Waals surface area (Å²) in [6, 6.07) is 0. The van der Waals surface area contributed by atoms with Gasteiger partial charge in [-0.15, -0.1) is 5.10 Å². The third-order valence-corrected chi connectivity index (χ3v) is 2.13. The van der Waals surface area contributed by atoms with E-state index in [0.717, 1.165) is 6.42 Å². The van der Waals surface area contributed by atoms with Crippen LogP contribution in [0.5, 0.6) is 0 Å². The van der Waals surface area contributed by atoms with Gasteiger partial charge in [0.25, 0.3) is 0 Å². The SMILES string of the molecule is CCC(S)c1nnnn1CC(=O)O. The Hall–Kier alpha value is -1.11. The Morgan fingerprint density at radius 2 is 2.46 bits per heavy atom. The normalized spacial score (nSPS) is 12.8. The van der Waals surface area contributed by atoms with Crippen molar-refractivity contribution >= 4 is 18.6 Å². The van der Waals surface area contributed by atoms with Crippen LogP contribution in [0.4, 0.5) is 0 Å². The number of aliphatic carboxylic acids is 1. The highest BCUT2D eigenvalue weighted by atomic mass is 32.1. The summed E-state index contributed by atoms with van der Waals surface area (Å²) < 4.78 is 1.24. The predicted octanol–water partition coefficient (Wildman–Crippen LogP) is 0.139. The van der Waals surface area contributed by atoms with Crippen molar-refractivity contribution in [2.75, 3.05) is 0 Å². The fraction of sp³-hybridized carbons (Fsp3) is 0.667. The number of hydrogen-bond donors (Lipinski definition) is 2. The lowest BCUT2D eigenvalue weighted by atomic mass is 10.3. The Balaban J connectivity index is 2.82. The summed E-state index contributed by atoms with van der Waals surface area (Å²) in [7, 11) is 0. The van der Waals surface area contributed by atoms with Gasteiger partial charge in [0.1, 0.15) is 6.54 Å². The molecule has 1 atom stereocenters. The van der Waals surface area contributed by atoms with Crippen molar-refractivity contribution in [2.24, 2.45) is 0 Å². The van der Waals surface area contributed by atoms with Crippen molar-refractivity contribution < 1.29 is 9.90 Å². The highest BCUT2D eigenvalue weighted by Gasteiger charge is 2.14. The quantitative estimate of drug-likeness (QED) is 0.679. The summed E-state index contributed by atoms with van der Waals surface area (Å²) in [4.78, 5) is 10.4. The van der Waals surface area contributed by atoms with Crippen molar-refractivity contribution in [2.45, 2.75) is 25.1 Å². The number of nitrogens with zero attached hydrogens (tertiary/aromatic N) is 4. The number of carboxylic acids is 1. The lowest BCUT2D eigenvalue weighted by Crippen LogP contribution is -2.14. The second-order valence-electron chi connectivity index (χ2n) is 2.51. The number of rotatable bonds is 4. The zero-order valence-electron chi connectivity index (χ0n) is 7.08. The van der Waals surface area contributed by atoms with E-state index in [1.165, 1.54) is 4.68 Å². The van der Waals surface area contributed by atoms with Gasteiger partial charge in [-0.3, -0.25) is 4.79 Å². The van der Waals surface area contributed by atoms with E-state index in [0.29, 0.717) is 5.82 Å². The summed E-state index contributed by atoms with van der Waals surface area (Å²) in [5.74, 6) is -0.474. The molecule has 0 aliphatic heterocycles. The summed E-state index contributed by atoms with van der Waals surface area (Å²) in [6.45, 7) is 1.71. The van der Waals surface area contributed by atoms with E-state index in [4.69, 9.17) is 5.11 Å². The average molecular weight is 202 g/mol. The monoisotopic (exact) mass is 202 g/mol. The third-order valence-electron chi connectivity index (χ3n) is 1.53. The Morgan fingerprint density at radius 1 is 1.77 bits per heavy atom. The molecule has 0 fully saturated rings. The number of tetrazole rings is 1. The molecule has 0 aromatic carbocycles. The highest BCUT2D eigenvalue weighted by Crippen LogP contribution is 2.19. The van der Waals surface area contributed by atoms with Crippen LogP contribution in [0.2, 0.25) is 0 Å². The van der Waals surface area contributed by atoms with Gasteiger partial charge in [0.2, 0.25) is 0 Å². The predicted molar refractivity (Wildman–Crippen MR) is 47.5 cm³/mol. The molecule has 0 amide bonds. The van der Waals surface area contributed by atoms with Crippen molar-refractivity contribution in [3.05, 3.63) is 5.82 Å². The fourth-order valence-electron chi connectivity index (χ4n) is 0.874. The lowest BCUT2D eigenvalue weighted by Gasteiger charge is -2.05. The van der Waals surface area contributed by atoms with Crippen LogP contribution >= 0.6 is 12.6 Å². The molecule has 72 valence electrons. The molecule has 1 rings (SSSR count). The maximum Gasteiger partial charge on any atom is 0.325 e. The minimum absolute atomic E-state index is 0.116. The van der Waals surface area contributed by atoms with Gasteiger partial charge < -0.3 is 5.11 Å². The standard InChI is InChI=1S/C6H10N4O2S/c1-2-4(13)6-7-8-9-10(6)3-5(11)12/h4,13H,2-3H2,1H3,(H,11,12). The van der Waals surface area contributed by atoms with Crippen LogP contribution in [-0.4, -0.2) is 31.3 Å². The Kier molecular flexibility index (Phi) is 3.24. The fourth-order valence-corrected chi connectivity index (χ4v) is 1.06. The molecule has 0 spiro atoms. The van der Waals surface area contributed by atoms with Crippen molar-refractivity contribution in [3.63, 3.8) is 0 Å². The third kappa shape index (κ3) is 2.41. The summed E-state index contributed by atoms with van der Waals surface area (Å²) in [5.41, 5.74) is 0. The number of carboxylic acid groups (broad SMARTS) is 1. The van der Waals surface area contributed by atoms with E-state index < -0.39 is 5.97 Å². The van der Waals surface area contributed by atoms with Crippen LogP contribution < -0.4 is 0 Å². The van der Waals surface area contributed by atoms with Crippen LogP contribution in [0.15, 0.2) is 0 Å². The number of aromatic nitrogens is 4. The molecule has 0 aliphatic rings. The van der Waals surface area contributed by atoms with Crippen LogP contribution in [0.25, 0.3) is 0 Å². The summed E-state index contributed by atoms with van der Waals surface area (Å²) in [5, 5.41) is 19.1. The van der Waals surface area contributed by atoms with Crippen LogP contribution in [0, 0.1) is 0 Å². The molecule has 0 saturated heterocycles. The van der Waals surface area contributed by atoms with Gasteiger partial charge in [-0.1, -0.05) is 6.92 Å². The van der Waals surface area contributed by atoms with Crippen molar-refractivity contribution in [3.8, 4) is 0 Å². The first kappa shape index (κ1) is 9.97. The van der Waals surface area contributed by atoms with Crippen molar-refractivity contribution in [1.29, 1.82) is 0 Å². The molecule has 13 heavy (non-hydrogen) atoms. The smallest absolute Gasteiger partial charge is 0.325 e. The Bertz CT molecular complexity index is 301. The molecular formula is C6H10N4O2S. The highest BCUT2D eigenvalue weighted by molar-refractivity contribution is 7.80. The van der Waals surface area contributed by atoms with Crippen LogP contribution in [-0.2, 0) is 11.3 Å². The molecule has 0 bridgehead atoms. The molecule has 0 saturated carbocycles. The molecule has 0 radical (unpaired) electrons. The maximum absolute atomic E-state index is 10.4. The van der Waals surface area contributed by atoms with Crippen LogP contribution in [0.3, 0.4) is 0 Å². The zero-order valence-corrected chi connectivity index (χ0v) is 7.98. The first-order valence-corrected chi connectivity index (χ1v) is 4.32. The van der Waals surface area contributed by atoms with E-state index in [1.54, 1.807) is 0 Å². The van der Waals surface area contributed by atoms with Gasteiger partial charge >= 0.3 is 5.97 Å². The van der Waals surface area contributed by atoms with E-state index >= 15 is 0 Å². The first-order valence-electron chi connectivity index (χ1n) is 3.81. The molecule has 6 nitrogen and oxygen atoms in total. The summed E-state index contributed by atoms with van der Waals surface area (Å²) in [6.07, 6.45) is 0.753. The zero-order chi connectivity index (χ0) is 9.84. The van der Waals surface area contributed by atoms with E-state index in [9.17, 15) is 4.79 Å². The largest absolute Gasteiger partial charge is 0.480 e. The van der Waals surface area contributed by atoms with Crippen molar-refractivity contribution in [1.82, 2.24) is 20.2 Å². The molecule has 1 aromatic heterocycles. The topological polar surface area (TPSA) is 80.9 Å². The minimum Gasteiger partial charge on any atom is -0.480 e. The van der Waals surface area contributed by atoms with Gasteiger partial charge in [0.05, 0.1) is 5.25 Å². The molecule has 1 aromatic rings. The number of hydrogen-bond acceptors (Lipinski definition) is 5. The number of carbonyl (C=O) groups is 1. The second-order valence-corrected chi connectivity index (χ2v) is 3.14. The molecule has 7 heteroatoms. The maximum atomic E-state index is 10.4. The van der Waals surface area contributed by atoms with E-state index in [1.807, 2.05) is 6.92 Å². The van der Waals surface area contributed by atoms with Gasteiger partial charge in [-0.25, -0.2) is 4.68 Å². The molecule has 1 heterocycles. The Labute approximate surface area is 80.4 Å². The van der Waals surface area contributed by atoms with Gasteiger partial charge in [0, 0.05) is 0 Å².